The van der Waals surface area contributed by atoms with Crippen molar-refractivity contribution in [3.63, 3.8) is 0 Å². The maximum atomic E-state index is 12.2. The molecule has 5 nitrogen and oxygen atoms in total. The van der Waals surface area contributed by atoms with Gasteiger partial charge in [-0.1, -0.05) is 24.3 Å². The Labute approximate surface area is 162 Å². The molecule has 0 aliphatic rings. The number of benzene rings is 2. The fraction of sp³-hybridized carbons (Fsp3) is 0.190. The van der Waals surface area contributed by atoms with E-state index < -0.39 is 18.0 Å². The second-order valence-corrected chi connectivity index (χ2v) is 6.69. The maximum absolute atomic E-state index is 12.2. The van der Waals surface area contributed by atoms with Gasteiger partial charge in [0.2, 0.25) is 0 Å². The number of anilines is 1. The van der Waals surface area contributed by atoms with Crippen LogP contribution in [0.2, 0.25) is 0 Å². The zero-order valence-corrected chi connectivity index (χ0v) is 16.2. The van der Waals surface area contributed by atoms with Gasteiger partial charge in [0, 0.05) is 22.2 Å². The van der Waals surface area contributed by atoms with Crippen LogP contribution in [0.3, 0.4) is 0 Å². The summed E-state index contributed by atoms with van der Waals surface area (Å²) in [5.74, 6) is -1.17. The lowest BCUT2D eigenvalue weighted by Gasteiger charge is -2.12. The summed E-state index contributed by atoms with van der Waals surface area (Å²) in [6, 6.07) is 14.3. The molecule has 2 aromatic carbocycles. The minimum atomic E-state index is -0.970. The summed E-state index contributed by atoms with van der Waals surface area (Å²) in [6.45, 7) is 2.94. The number of Topliss-reactive ketones (excluding diaryl/α,β-unsaturated/α-hetero) is 1. The number of carbonyl (C=O) groups is 3. The number of rotatable bonds is 7. The highest BCUT2D eigenvalue weighted by Crippen LogP contribution is 2.16. The molecule has 0 aromatic heterocycles. The standard InChI is InChI=1S/C21H21NO4S/c1-14(23)17-5-4-6-18(13-17)22-21(25)15(2)26-20(24)12-9-16-7-10-19(27-3)11-8-16/h4-13,15H,1-3H3,(H,22,25)/b12-9+/t15-/m0/s1. The third-order valence-corrected chi connectivity index (χ3v) is 4.47. The molecule has 0 spiro atoms. The number of hydrogen-bond acceptors (Lipinski definition) is 5. The molecule has 1 atom stereocenters. The largest absolute Gasteiger partial charge is 0.449 e. The highest BCUT2D eigenvalue weighted by molar-refractivity contribution is 7.98. The molecule has 0 radical (unpaired) electrons. The second-order valence-electron chi connectivity index (χ2n) is 5.81. The van der Waals surface area contributed by atoms with Gasteiger partial charge in [0.05, 0.1) is 0 Å². The molecule has 0 fully saturated rings. The average Bonchev–Trinajstić information content (AvgIpc) is 2.66. The third-order valence-electron chi connectivity index (χ3n) is 3.73. The first-order chi connectivity index (χ1) is 12.9. The van der Waals surface area contributed by atoms with E-state index in [9.17, 15) is 14.4 Å². The fourth-order valence-electron chi connectivity index (χ4n) is 2.21. The Morgan fingerprint density at radius 1 is 1.11 bits per heavy atom. The SMILES string of the molecule is CSc1ccc(/C=C/C(=O)O[C@@H](C)C(=O)Nc2cccc(C(C)=O)c2)cc1. The van der Waals surface area contributed by atoms with Crippen molar-refractivity contribution in [1.29, 1.82) is 0 Å². The Kier molecular flexibility index (Phi) is 7.37. The van der Waals surface area contributed by atoms with Crippen LogP contribution < -0.4 is 5.32 Å². The predicted molar refractivity (Wildman–Crippen MR) is 108 cm³/mol. The van der Waals surface area contributed by atoms with E-state index in [1.807, 2.05) is 30.5 Å². The van der Waals surface area contributed by atoms with Crippen molar-refractivity contribution >= 4 is 41.2 Å². The number of ketones is 1. The van der Waals surface area contributed by atoms with Gasteiger partial charge in [-0.05, 0) is 56.0 Å². The monoisotopic (exact) mass is 383 g/mol. The number of carbonyl (C=O) groups excluding carboxylic acids is 3. The van der Waals surface area contributed by atoms with Crippen LogP contribution in [0.25, 0.3) is 6.08 Å². The summed E-state index contributed by atoms with van der Waals surface area (Å²) in [4.78, 5) is 36.6. The molecule has 27 heavy (non-hydrogen) atoms. The molecule has 0 saturated carbocycles. The Hall–Kier alpha value is -2.86. The normalized spacial score (nSPS) is 11.8. The van der Waals surface area contributed by atoms with Gasteiger partial charge in [-0.25, -0.2) is 4.79 Å². The fourth-order valence-corrected chi connectivity index (χ4v) is 2.61. The zero-order chi connectivity index (χ0) is 19.8. The van der Waals surface area contributed by atoms with Crippen LogP contribution in [0.1, 0.15) is 29.8 Å². The molecule has 6 heteroatoms. The number of hydrogen-bond donors (Lipinski definition) is 1. The third kappa shape index (κ3) is 6.42. The molecule has 0 aliphatic heterocycles. The van der Waals surface area contributed by atoms with Crippen LogP contribution in [0, 0.1) is 0 Å². The van der Waals surface area contributed by atoms with Gasteiger partial charge in [-0.2, -0.15) is 0 Å². The van der Waals surface area contributed by atoms with Crippen molar-refractivity contribution in [1.82, 2.24) is 0 Å². The van der Waals surface area contributed by atoms with Crippen molar-refractivity contribution in [2.24, 2.45) is 0 Å². The number of nitrogens with one attached hydrogen (secondary N) is 1. The van der Waals surface area contributed by atoms with Crippen molar-refractivity contribution < 1.29 is 19.1 Å². The van der Waals surface area contributed by atoms with Gasteiger partial charge < -0.3 is 10.1 Å². The minimum absolute atomic E-state index is 0.0960. The Balaban J connectivity index is 1.91. The lowest BCUT2D eigenvalue weighted by atomic mass is 10.1. The van der Waals surface area contributed by atoms with E-state index in [2.05, 4.69) is 5.32 Å². The van der Waals surface area contributed by atoms with Gasteiger partial charge in [0.15, 0.2) is 11.9 Å². The molecule has 1 amide bonds. The van der Waals surface area contributed by atoms with E-state index in [1.165, 1.54) is 19.9 Å². The zero-order valence-electron chi connectivity index (χ0n) is 15.4. The predicted octanol–water partition coefficient (Wildman–Crippen LogP) is 4.19. The molecule has 2 aromatic rings. The average molecular weight is 383 g/mol. The first-order valence-electron chi connectivity index (χ1n) is 8.33. The quantitative estimate of drug-likeness (QED) is 0.336. The van der Waals surface area contributed by atoms with E-state index in [0.717, 1.165) is 10.5 Å². The summed E-state index contributed by atoms with van der Waals surface area (Å²) in [7, 11) is 0. The number of amides is 1. The Morgan fingerprint density at radius 3 is 2.44 bits per heavy atom. The molecule has 1 N–H and O–H groups in total. The van der Waals surface area contributed by atoms with Crippen molar-refractivity contribution in [2.75, 3.05) is 11.6 Å². The summed E-state index contributed by atoms with van der Waals surface area (Å²) < 4.78 is 5.12. The smallest absolute Gasteiger partial charge is 0.331 e. The van der Waals surface area contributed by atoms with Gasteiger partial charge in [-0.15, -0.1) is 11.8 Å². The molecular formula is C21H21NO4S. The minimum Gasteiger partial charge on any atom is -0.449 e. The summed E-state index contributed by atoms with van der Waals surface area (Å²) in [6.07, 6.45) is 3.94. The van der Waals surface area contributed by atoms with Crippen LogP contribution in [0.4, 0.5) is 5.69 Å². The molecule has 0 unspecified atom stereocenters. The van der Waals surface area contributed by atoms with Crippen molar-refractivity contribution in [3.05, 3.63) is 65.7 Å². The van der Waals surface area contributed by atoms with Gasteiger partial charge in [0.1, 0.15) is 0 Å². The van der Waals surface area contributed by atoms with Gasteiger partial charge in [-0.3, -0.25) is 9.59 Å². The highest BCUT2D eigenvalue weighted by Gasteiger charge is 2.17. The molecule has 140 valence electrons. The van der Waals surface area contributed by atoms with E-state index in [0.29, 0.717) is 11.3 Å². The van der Waals surface area contributed by atoms with Gasteiger partial charge in [0.25, 0.3) is 5.91 Å². The maximum Gasteiger partial charge on any atom is 0.331 e. The molecule has 2 rings (SSSR count). The van der Waals surface area contributed by atoms with Crippen LogP contribution in [0.5, 0.6) is 0 Å². The van der Waals surface area contributed by atoms with Crippen molar-refractivity contribution in [2.45, 2.75) is 24.8 Å². The summed E-state index contributed by atoms with van der Waals surface area (Å²) in [5.41, 5.74) is 1.83. The molecular weight excluding hydrogens is 362 g/mol. The lowest BCUT2D eigenvalue weighted by molar-refractivity contribution is -0.148. The second kappa shape index (κ2) is 9.73. The summed E-state index contributed by atoms with van der Waals surface area (Å²) in [5, 5.41) is 2.63. The van der Waals surface area contributed by atoms with Crippen LogP contribution in [-0.2, 0) is 14.3 Å². The van der Waals surface area contributed by atoms with Gasteiger partial charge >= 0.3 is 5.97 Å². The number of esters is 1. The molecule has 0 bridgehead atoms. The first kappa shape index (κ1) is 20.5. The Bertz CT molecular complexity index is 859. The van der Waals surface area contributed by atoms with Crippen molar-refractivity contribution in [3.8, 4) is 0 Å². The van der Waals surface area contributed by atoms with Crippen LogP contribution in [0.15, 0.2) is 59.5 Å². The molecule has 0 saturated heterocycles. The Morgan fingerprint density at radius 2 is 1.81 bits per heavy atom. The number of thioether (sulfide) groups is 1. The highest BCUT2D eigenvalue weighted by atomic mass is 32.2. The topological polar surface area (TPSA) is 72.5 Å². The van der Waals surface area contributed by atoms with E-state index in [4.69, 9.17) is 4.74 Å². The van der Waals surface area contributed by atoms with E-state index >= 15 is 0 Å². The summed E-state index contributed by atoms with van der Waals surface area (Å²) >= 11 is 1.64. The first-order valence-corrected chi connectivity index (χ1v) is 9.56. The van der Waals surface area contributed by atoms with Crippen LogP contribution >= 0.6 is 11.8 Å². The van der Waals surface area contributed by atoms with Crippen LogP contribution in [-0.4, -0.2) is 30.0 Å². The molecule has 0 heterocycles. The van der Waals surface area contributed by atoms with E-state index in [1.54, 1.807) is 42.1 Å². The van der Waals surface area contributed by atoms with E-state index in [-0.39, 0.29) is 5.78 Å². The molecule has 0 aliphatic carbocycles. The lowest BCUT2D eigenvalue weighted by Crippen LogP contribution is -2.29. The number of ether oxygens (including phenoxy) is 1.